The molecule has 0 aliphatic heterocycles. The highest BCUT2D eigenvalue weighted by molar-refractivity contribution is 6.72. The molecule has 0 N–H and O–H groups in total. The molecule has 7 heteroatoms. The molecule has 0 fully saturated rings. The van der Waals surface area contributed by atoms with Crippen LogP contribution in [-0.2, 0) is 0 Å². The summed E-state index contributed by atoms with van der Waals surface area (Å²) in [5.74, 6) is 0. The highest BCUT2D eigenvalue weighted by atomic mass is 19.4. The highest BCUT2D eigenvalue weighted by Gasteiger charge is 2.30. The van der Waals surface area contributed by atoms with Gasteiger partial charge in [0.2, 0.25) is 0 Å². The summed E-state index contributed by atoms with van der Waals surface area (Å²) in [6, 6.07) is -0.314. The fourth-order valence-electron chi connectivity index (χ4n) is 0.887. The zero-order valence-corrected chi connectivity index (χ0v) is 6.71. The lowest BCUT2D eigenvalue weighted by Crippen LogP contribution is -2.40. The standard InChI is InChI=1S/C5H8BF3N3/c1-4(2)12-5(3-10-11-12)6(7,8)9/h3-4H,1-2H3/q-1. The largest absolute Gasteiger partial charge is 0.529 e. The van der Waals surface area contributed by atoms with E-state index in [-0.39, 0.29) is 6.04 Å². The number of rotatable bonds is 2. The van der Waals surface area contributed by atoms with Crippen LogP contribution in [0.3, 0.4) is 0 Å². The first kappa shape index (κ1) is 9.09. The summed E-state index contributed by atoms with van der Waals surface area (Å²) in [6.45, 7) is -1.74. The van der Waals surface area contributed by atoms with Crippen LogP contribution in [0.15, 0.2) is 6.20 Å². The maximum Gasteiger partial charge on any atom is 0.529 e. The topological polar surface area (TPSA) is 30.7 Å². The van der Waals surface area contributed by atoms with Crippen molar-refractivity contribution in [2.75, 3.05) is 0 Å². The van der Waals surface area contributed by atoms with Gasteiger partial charge in [-0.1, -0.05) is 5.21 Å². The molecule has 0 saturated carbocycles. The third-order valence-electron chi connectivity index (χ3n) is 1.43. The maximum absolute atomic E-state index is 12.2. The lowest BCUT2D eigenvalue weighted by Gasteiger charge is -2.17. The number of nitrogens with zero attached hydrogens (tertiary/aromatic N) is 3. The van der Waals surface area contributed by atoms with Gasteiger partial charge < -0.3 is 12.9 Å². The zero-order valence-electron chi connectivity index (χ0n) is 6.71. The van der Waals surface area contributed by atoms with E-state index >= 15 is 0 Å². The molecule has 1 aromatic rings. The Morgan fingerprint density at radius 3 is 2.33 bits per heavy atom. The van der Waals surface area contributed by atoms with E-state index in [2.05, 4.69) is 10.3 Å². The summed E-state index contributed by atoms with van der Waals surface area (Å²) in [7, 11) is 0. The second kappa shape index (κ2) is 2.80. The first-order valence-corrected chi connectivity index (χ1v) is 3.53. The monoisotopic (exact) mass is 178 g/mol. The van der Waals surface area contributed by atoms with Crippen molar-refractivity contribution in [2.24, 2.45) is 0 Å². The lowest BCUT2D eigenvalue weighted by atomic mass is 9.86. The van der Waals surface area contributed by atoms with Crippen LogP contribution in [0.5, 0.6) is 0 Å². The molecule has 0 unspecified atom stereocenters. The van der Waals surface area contributed by atoms with Crippen molar-refractivity contribution in [3.8, 4) is 0 Å². The Balaban J connectivity index is 3.08. The predicted molar refractivity (Wildman–Crippen MR) is 39.1 cm³/mol. The molecule has 0 atom stereocenters. The Morgan fingerprint density at radius 1 is 1.42 bits per heavy atom. The maximum atomic E-state index is 12.2. The van der Waals surface area contributed by atoms with Crippen LogP contribution in [-0.4, -0.2) is 22.0 Å². The minimum Gasteiger partial charge on any atom is -0.444 e. The van der Waals surface area contributed by atoms with Crippen LogP contribution in [0.4, 0.5) is 12.9 Å². The summed E-state index contributed by atoms with van der Waals surface area (Å²) >= 11 is 0. The van der Waals surface area contributed by atoms with E-state index in [1.165, 1.54) is 0 Å². The van der Waals surface area contributed by atoms with Gasteiger partial charge in [-0.3, -0.25) is 4.68 Å². The SMILES string of the molecule is CC(C)n1nncc1[B-](F)(F)F. The number of halogens is 3. The van der Waals surface area contributed by atoms with E-state index in [4.69, 9.17) is 0 Å². The summed E-state index contributed by atoms with van der Waals surface area (Å²) in [5.41, 5.74) is -0.745. The van der Waals surface area contributed by atoms with Crippen molar-refractivity contribution in [1.29, 1.82) is 0 Å². The van der Waals surface area contributed by atoms with E-state index in [0.29, 0.717) is 0 Å². The molecule has 0 aromatic carbocycles. The zero-order chi connectivity index (χ0) is 9.35. The third kappa shape index (κ3) is 1.59. The normalized spacial score (nSPS) is 12.5. The molecule has 0 radical (unpaired) electrons. The molecule has 0 aliphatic rings. The van der Waals surface area contributed by atoms with Gasteiger partial charge >= 0.3 is 6.98 Å². The second-order valence-electron chi connectivity index (χ2n) is 2.77. The molecule has 0 aliphatic carbocycles. The number of hydrogen-bond donors (Lipinski definition) is 0. The van der Waals surface area contributed by atoms with Gasteiger partial charge in [-0.15, -0.1) is 5.10 Å². The van der Waals surface area contributed by atoms with Crippen LogP contribution in [0.1, 0.15) is 19.9 Å². The van der Waals surface area contributed by atoms with E-state index in [9.17, 15) is 12.9 Å². The lowest BCUT2D eigenvalue weighted by molar-refractivity contribution is 0.469. The molecule has 1 heterocycles. The van der Waals surface area contributed by atoms with Gasteiger partial charge in [0.15, 0.2) is 0 Å². The molecule has 0 bridgehead atoms. The van der Waals surface area contributed by atoms with Crippen molar-refractivity contribution in [2.45, 2.75) is 19.9 Å². The van der Waals surface area contributed by atoms with Crippen LogP contribution < -0.4 is 5.59 Å². The molecule has 3 nitrogen and oxygen atoms in total. The molecular formula is C5H8BF3N3-. The van der Waals surface area contributed by atoms with Crippen LogP contribution in [0.25, 0.3) is 0 Å². The van der Waals surface area contributed by atoms with Gasteiger partial charge in [-0.25, -0.2) is 0 Å². The second-order valence-corrected chi connectivity index (χ2v) is 2.77. The molecule has 0 saturated heterocycles. The van der Waals surface area contributed by atoms with Gasteiger partial charge in [0.05, 0.1) is 0 Å². The summed E-state index contributed by atoms with van der Waals surface area (Å²) in [4.78, 5) is 0. The number of hydrogen-bond acceptors (Lipinski definition) is 2. The molecule has 1 rings (SSSR count). The van der Waals surface area contributed by atoms with Gasteiger partial charge in [0.1, 0.15) is 0 Å². The molecule has 1 aromatic heterocycles. The molecular weight excluding hydrogens is 170 g/mol. The Morgan fingerprint density at radius 2 is 2.00 bits per heavy atom. The first-order valence-electron chi connectivity index (χ1n) is 3.53. The quantitative estimate of drug-likeness (QED) is 0.630. The number of aromatic nitrogens is 3. The van der Waals surface area contributed by atoms with Gasteiger partial charge in [0.25, 0.3) is 0 Å². The minimum atomic E-state index is -4.99. The summed E-state index contributed by atoms with van der Waals surface area (Å²) in [5, 5.41) is 6.56. The third-order valence-corrected chi connectivity index (χ3v) is 1.43. The summed E-state index contributed by atoms with van der Waals surface area (Å²) in [6.07, 6.45) is 0.750. The highest BCUT2D eigenvalue weighted by Crippen LogP contribution is 2.10. The summed E-state index contributed by atoms with van der Waals surface area (Å²) < 4.78 is 37.5. The van der Waals surface area contributed by atoms with Gasteiger partial charge in [0, 0.05) is 17.8 Å². The predicted octanol–water partition coefficient (Wildman–Crippen LogP) is 0.913. The van der Waals surface area contributed by atoms with Gasteiger partial charge in [-0.2, -0.15) is 0 Å². The molecule has 0 amide bonds. The molecule has 0 spiro atoms. The van der Waals surface area contributed by atoms with Crippen molar-refractivity contribution >= 4 is 12.6 Å². The average Bonchev–Trinajstić information content (AvgIpc) is 2.30. The van der Waals surface area contributed by atoms with E-state index in [1.807, 2.05) is 0 Å². The average molecular weight is 178 g/mol. The van der Waals surface area contributed by atoms with Crippen molar-refractivity contribution in [3.05, 3.63) is 6.20 Å². The Bertz CT molecular complexity index is 267. The minimum absolute atomic E-state index is 0.314. The van der Waals surface area contributed by atoms with E-state index < -0.39 is 12.6 Å². The van der Waals surface area contributed by atoms with Crippen molar-refractivity contribution in [1.82, 2.24) is 15.0 Å². The molecule has 68 valence electrons. The first-order chi connectivity index (χ1) is 5.43. The Labute approximate surface area is 67.6 Å². The smallest absolute Gasteiger partial charge is 0.444 e. The van der Waals surface area contributed by atoms with E-state index in [1.54, 1.807) is 13.8 Å². The Hall–Kier alpha value is -1.01. The van der Waals surface area contributed by atoms with Crippen molar-refractivity contribution in [3.63, 3.8) is 0 Å². The van der Waals surface area contributed by atoms with Crippen LogP contribution in [0.2, 0.25) is 0 Å². The fraction of sp³-hybridized carbons (Fsp3) is 0.600. The molecule has 12 heavy (non-hydrogen) atoms. The van der Waals surface area contributed by atoms with Crippen LogP contribution >= 0.6 is 0 Å². The van der Waals surface area contributed by atoms with Crippen LogP contribution in [0, 0.1) is 0 Å². The van der Waals surface area contributed by atoms with E-state index in [0.717, 1.165) is 10.9 Å². The fourth-order valence-corrected chi connectivity index (χ4v) is 0.887. The van der Waals surface area contributed by atoms with Gasteiger partial charge in [-0.05, 0) is 13.8 Å². The van der Waals surface area contributed by atoms with Crippen molar-refractivity contribution < 1.29 is 12.9 Å². The Kier molecular flexibility index (Phi) is 2.12.